The summed E-state index contributed by atoms with van der Waals surface area (Å²) >= 11 is 0. The SMILES string of the molecule is CCNC(=NCc1nnc2ccccn12)NCC(C)(C)C(=O)NC. The molecule has 130 valence electrons. The maximum atomic E-state index is 11.9. The summed E-state index contributed by atoms with van der Waals surface area (Å²) in [4.78, 5) is 16.4. The summed E-state index contributed by atoms with van der Waals surface area (Å²) in [7, 11) is 1.64. The Labute approximate surface area is 141 Å². The van der Waals surface area contributed by atoms with E-state index < -0.39 is 5.41 Å². The van der Waals surface area contributed by atoms with Gasteiger partial charge in [0.2, 0.25) is 5.91 Å². The number of carbonyl (C=O) groups is 1. The normalized spacial score (nSPS) is 12.2. The predicted octanol–water partition coefficient (Wildman–Crippen LogP) is 0.557. The molecule has 3 N–H and O–H groups in total. The van der Waals surface area contributed by atoms with Crippen LogP contribution in [0.1, 0.15) is 26.6 Å². The lowest BCUT2D eigenvalue weighted by Crippen LogP contribution is -2.47. The van der Waals surface area contributed by atoms with Crippen molar-refractivity contribution in [2.24, 2.45) is 10.4 Å². The van der Waals surface area contributed by atoms with Gasteiger partial charge in [0.05, 0.1) is 5.41 Å². The third kappa shape index (κ3) is 4.21. The van der Waals surface area contributed by atoms with Crippen LogP contribution in [-0.2, 0) is 11.3 Å². The largest absolute Gasteiger partial charge is 0.359 e. The van der Waals surface area contributed by atoms with Crippen LogP contribution in [0.25, 0.3) is 5.65 Å². The molecule has 0 atom stereocenters. The molecule has 8 heteroatoms. The summed E-state index contributed by atoms with van der Waals surface area (Å²) in [6, 6.07) is 5.75. The Hall–Kier alpha value is -2.64. The Morgan fingerprint density at radius 2 is 2.08 bits per heavy atom. The maximum absolute atomic E-state index is 11.9. The van der Waals surface area contributed by atoms with Crippen LogP contribution in [0.4, 0.5) is 0 Å². The van der Waals surface area contributed by atoms with Crippen molar-refractivity contribution in [1.82, 2.24) is 30.5 Å². The molecule has 8 nitrogen and oxygen atoms in total. The average Bonchev–Trinajstić information content (AvgIpc) is 3.00. The van der Waals surface area contributed by atoms with Crippen molar-refractivity contribution in [3.63, 3.8) is 0 Å². The van der Waals surface area contributed by atoms with E-state index in [1.165, 1.54) is 0 Å². The first-order valence-electron chi connectivity index (χ1n) is 8.01. The summed E-state index contributed by atoms with van der Waals surface area (Å²) in [5.74, 6) is 1.38. The number of carbonyl (C=O) groups excluding carboxylic acids is 1. The zero-order valence-electron chi connectivity index (χ0n) is 14.6. The number of hydrogen-bond acceptors (Lipinski definition) is 4. The van der Waals surface area contributed by atoms with Gasteiger partial charge in [0.15, 0.2) is 17.4 Å². The van der Waals surface area contributed by atoms with Gasteiger partial charge in [-0.1, -0.05) is 6.07 Å². The summed E-state index contributed by atoms with van der Waals surface area (Å²) in [5, 5.41) is 17.3. The monoisotopic (exact) mass is 331 g/mol. The number of amides is 1. The summed E-state index contributed by atoms with van der Waals surface area (Å²) in [6.07, 6.45) is 1.91. The van der Waals surface area contributed by atoms with E-state index in [2.05, 4.69) is 31.1 Å². The van der Waals surface area contributed by atoms with E-state index in [0.717, 1.165) is 18.0 Å². The lowest BCUT2D eigenvalue weighted by atomic mass is 9.92. The standard InChI is InChI=1S/C16H25N7O/c1-5-18-15(20-11-16(2,3)14(24)17-4)19-10-13-22-21-12-8-6-7-9-23(12)13/h6-9H,5,10-11H2,1-4H3,(H,17,24)(H2,18,19,20). The van der Waals surface area contributed by atoms with Crippen molar-refractivity contribution in [3.8, 4) is 0 Å². The van der Waals surface area contributed by atoms with Gasteiger partial charge in [-0.25, -0.2) is 4.99 Å². The molecular weight excluding hydrogens is 306 g/mol. The zero-order valence-corrected chi connectivity index (χ0v) is 14.6. The molecule has 0 aliphatic carbocycles. The number of aliphatic imine (C=N–C) groups is 1. The molecule has 0 aromatic carbocycles. The number of hydrogen-bond donors (Lipinski definition) is 3. The van der Waals surface area contributed by atoms with Gasteiger partial charge in [0, 0.05) is 26.3 Å². The highest BCUT2D eigenvalue weighted by atomic mass is 16.2. The highest BCUT2D eigenvalue weighted by Gasteiger charge is 2.26. The third-order valence-corrected chi connectivity index (χ3v) is 3.65. The molecule has 2 aromatic heterocycles. The molecule has 0 saturated heterocycles. The predicted molar refractivity (Wildman–Crippen MR) is 93.7 cm³/mol. The second-order valence-corrected chi connectivity index (χ2v) is 6.06. The van der Waals surface area contributed by atoms with E-state index in [-0.39, 0.29) is 5.91 Å². The fourth-order valence-corrected chi connectivity index (χ4v) is 2.21. The van der Waals surface area contributed by atoms with Crippen molar-refractivity contribution >= 4 is 17.5 Å². The molecule has 1 amide bonds. The molecule has 2 heterocycles. The van der Waals surface area contributed by atoms with E-state index in [1.807, 2.05) is 49.6 Å². The lowest BCUT2D eigenvalue weighted by Gasteiger charge is -2.24. The first-order chi connectivity index (χ1) is 11.5. The van der Waals surface area contributed by atoms with E-state index in [1.54, 1.807) is 7.05 Å². The second-order valence-electron chi connectivity index (χ2n) is 6.06. The Morgan fingerprint density at radius 1 is 1.29 bits per heavy atom. The molecule has 2 aromatic rings. The first-order valence-corrected chi connectivity index (χ1v) is 8.01. The average molecular weight is 331 g/mol. The quantitative estimate of drug-likeness (QED) is 0.531. The van der Waals surface area contributed by atoms with E-state index in [4.69, 9.17) is 0 Å². The van der Waals surface area contributed by atoms with Gasteiger partial charge < -0.3 is 16.0 Å². The molecule has 0 aliphatic rings. The first kappa shape index (κ1) is 17.7. The Morgan fingerprint density at radius 3 is 2.79 bits per heavy atom. The maximum Gasteiger partial charge on any atom is 0.227 e. The summed E-state index contributed by atoms with van der Waals surface area (Å²) in [5.41, 5.74) is 0.258. The minimum Gasteiger partial charge on any atom is -0.359 e. The van der Waals surface area contributed by atoms with Gasteiger partial charge in [0.1, 0.15) is 6.54 Å². The summed E-state index contributed by atoms with van der Waals surface area (Å²) < 4.78 is 1.90. The van der Waals surface area contributed by atoms with Gasteiger partial charge >= 0.3 is 0 Å². The Kier molecular flexibility index (Phi) is 5.73. The van der Waals surface area contributed by atoms with Crippen molar-refractivity contribution < 1.29 is 4.79 Å². The number of aromatic nitrogens is 3. The van der Waals surface area contributed by atoms with E-state index >= 15 is 0 Å². The molecule has 2 rings (SSSR count). The van der Waals surface area contributed by atoms with Crippen LogP contribution in [0.3, 0.4) is 0 Å². The number of guanidine groups is 1. The minimum absolute atomic E-state index is 0.0192. The van der Waals surface area contributed by atoms with Crippen molar-refractivity contribution in [2.45, 2.75) is 27.3 Å². The molecule has 0 saturated carbocycles. The van der Waals surface area contributed by atoms with Gasteiger partial charge in [-0.15, -0.1) is 10.2 Å². The highest BCUT2D eigenvalue weighted by molar-refractivity contribution is 5.84. The minimum atomic E-state index is -0.535. The molecule has 24 heavy (non-hydrogen) atoms. The van der Waals surface area contributed by atoms with Crippen LogP contribution in [0.5, 0.6) is 0 Å². The molecule has 0 aliphatic heterocycles. The molecule has 0 spiro atoms. The van der Waals surface area contributed by atoms with Gasteiger partial charge in [-0.3, -0.25) is 9.20 Å². The molecule has 0 fully saturated rings. The summed E-state index contributed by atoms with van der Waals surface area (Å²) in [6.45, 7) is 7.35. The van der Waals surface area contributed by atoms with Crippen LogP contribution >= 0.6 is 0 Å². The van der Waals surface area contributed by atoms with Crippen LogP contribution in [-0.4, -0.2) is 46.6 Å². The molecule has 0 radical (unpaired) electrons. The number of nitrogens with zero attached hydrogens (tertiary/aromatic N) is 4. The van der Waals surface area contributed by atoms with Crippen LogP contribution in [0.2, 0.25) is 0 Å². The van der Waals surface area contributed by atoms with E-state index in [9.17, 15) is 4.79 Å². The lowest BCUT2D eigenvalue weighted by molar-refractivity contribution is -0.128. The van der Waals surface area contributed by atoms with Crippen LogP contribution in [0, 0.1) is 5.41 Å². The highest BCUT2D eigenvalue weighted by Crippen LogP contribution is 2.13. The molecule has 0 bridgehead atoms. The molecule has 0 unspecified atom stereocenters. The Bertz CT molecular complexity index is 720. The van der Waals surface area contributed by atoms with Gasteiger partial charge in [0.25, 0.3) is 0 Å². The van der Waals surface area contributed by atoms with Crippen molar-refractivity contribution in [3.05, 3.63) is 30.2 Å². The molecular formula is C16H25N7O. The number of pyridine rings is 1. The van der Waals surface area contributed by atoms with Gasteiger partial charge in [-0.05, 0) is 32.9 Å². The topological polar surface area (TPSA) is 95.7 Å². The number of nitrogens with one attached hydrogen (secondary N) is 3. The van der Waals surface area contributed by atoms with Gasteiger partial charge in [-0.2, -0.15) is 0 Å². The fraction of sp³-hybridized carbons (Fsp3) is 0.500. The fourth-order valence-electron chi connectivity index (χ4n) is 2.21. The van der Waals surface area contributed by atoms with Crippen LogP contribution in [0.15, 0.2) is 29.4 Å². The smallest absolute Gasteiger partial charge is 0.227 e. The van der Waals surface area contributed by atoms with Crippen LogP contribution < -0.4 is 16.0 Å². The zero-order chi connectivity index (χ0) is 17.6. The number of fused-ring (bicyclic) bond motifs is 1. The third-order valence-electron chi connectivity index (χ3n) is 3.65. The van der Waals surface area contributed by atoms with Crippen molar-refractivity contribution in [2.75, 3.05) is 20.1 Å². The number of rotatable bonds is 6. The second kappa shape index (κ2) is 7.76. The van der Waals surface area contributed by atoms with E-state index in [0.29, 0.717) is 19.0 Å². The Balaban J connectivity index is 2.07. The van der Waals surface area contributed by atoms with Crippen molar-refractivity contribution in [1.29, 1.82) is 0 Å².